The van der Waals surface area contributed by atoms with E-state index >= 15 is 0 Å². The standard InChI is InChI=1S/C14H13FN6O/c1-9-13(17-7-18-14(9)22-2)20-12-4-3-10(5-11(12)15)21-8-16-6-19-21/h3-8H,1-2H3,(H,17,18,20). The first-order valence-corrected chi connectivity index (χ1v) is 6.46. The average molecular weight is 300 g/mol. The summed E-state index contributed by atoms with van der Waals surface area (Å²) in [5.74, 6) is 0.501. The third-order valence-corrected chi connectivity index (χ3v) is 3.12. The summed E-state index contributed by atoms with van der Waals surface area (Å²) in [6, 6.07) is 4.71. The molecule has 3 rings (SSSR count). The molecular formula is C14H13FN6O. The SMILES string of the molecule is COc1ncnc(Nc2ccc(-n3cncn3)cc2F)c1C. The summed E-state index contributed by atoms with van der Waals surface area (Å²) >= 11 is 0. The highest BCUT2D eigenvalue weighted by atomic mass is 19.1. The largest absolute Gasteiger partial charge is 0.481 e. The lowest BCUT2D eigenvalue weighted by molar-refractivity contribution is 0.394. The first-order valence-electron chi connectivity index (χ1n) is 6.46. The Labute approximate surface area is 125 Å². The van der Waals surface area contributed by atoms with E-state index in [-0.39, 0.29) is 0 Å². The van der Waals surface area contributed by atoms with Gasteiger partial charge in [0.25, 0.3) is 0 Å². The molecule has 112 valence electrons. The first kappa shape index (κ1) is 13.9. The van der Waals surface area contributed by atoms with Crippen LogP contribution >= 0.6 is 0 Å². The zero-order chi connectivity index (χ0) is 15.5. The fourth-order valence-corrected chi connectivity index (χ4v) is 1.98. The molecule has 0 aliphatic carbocycles. The molecule has 0 saturated heterocycles. The number of nitrogens with zero attached hydrogens (tertiary/aromatic N) is 5. The van der Waals surface area contributed by atoms with Crippen molar-refractivity contribution in [3.8, 4) is 11.6 Å². The number of rotatable bonds is 4. The smallest absolute Gasteiger partial charge is 0.221 e. The van der Waals surface area contributed by atoms with Gasteiger partial charge in [0, 0.05) is 6.07 Å². The summed E-state index contributed by atoms with van der Waals surface area (Å²) in [5, 5.41) is 6.90. The summed E-state index contributed by atoms with van der Waals surface area (Å²) in [5.41, 5.74) is 1.58. The van der Waals surface area contributed by atoms with Crippen LogP contribution < -0.4 is 10.1 Å². The Kier molecular flexibility index (Phi) is 3.65. The summed E-state index contributed by atoms with van der Waals surface area (Å²) in [6.45, 7) is 1.79. The molecule has 0 aliphatic rings. The molecule has 0 amide bonds. The third kappa shape index (κ3) is 2.58. The molecule has 2 aromatic heterocycles. The lowest BCUT2D eigenvalue weighted by atomic mass is 10.2. The molecular weight excluding hydrogens is 287 g/mol. The molecule has 0 unspecified atom stereocenters. The third-order valence-electron chi connectivity index (χ3n) is 3.12. The Morgan fingerprint density at radius 2 is 2.09 bits per heavy atom. The minimum Gasteiger partial charge on any atom is -0.481 e. The molecule has 2 heterocycles. The summed E-state index contributed by atoms with van der Waals surface area (Å²) in [7, 11) is 1.52. The molecule has 0 bridgehead atoms. The number of anilines is 2. The van der Waals surface area contributed by atoms with Crippen LogP contribution in [0.1, 0.15) is 5.56 Å². The Morgan fingerprint density at radius 3 is 2.77 bits per heavy atom. The maximum atomic E-state index is 14.2. The number of hydrogen-bond acceptors (Lipinski definition) is 6. The van der Waals surface area contributed by atoms with Crippen LogP contribution in [0.3, 0.4) is 0 Å². The first-order chi connectivity index (χ1) is 10.7. The van der Waals surface area contributed by atoms with Crippen molar-refractivity contribution in [2.45, 2.75) is 6.92 Å². The Balaban J connectivity index is 1.90. The van der Waals surface area contributed by atoms with Crippen LogP contribution in [0, 0.1) is 12.7 Å². The fourth-order valence-electron chi connectivity index (χ4n) is 1.98. The van der Waals surface area contributed by atoms with Crippen molar-refractivity contribution in [3.63, 3.8) is 0 Å². The van der Waals surface area contributed by atoms with E-state index in [9.17, 15) is 4.39 Å². The van der Waals surface area contributed by atoms with E-state index in [1.54, 1.807) is 19.1 Å². The highest BCUT2D eigenvalue weighted by molar-refractivity contribution is 5.62. The lowest BCUT2D eigenvalue weighted by Crippen LogP contribution is -2.03. The highest BCUT2D eigenvalue weighted by Gasteiger charge is 2.11. The van der Waals surface area contributed by atoms with Gasteiger partial charge in [-0.15, -0.1) is 0 Å². The van der Waals surface area contributed by atoms with Crippen LogP contribution in [-0.4, -0.2) is 31.8 Å². The van der Waals surface area contributed by atoms with Gasteiger partial charge in [-0.3, -0.25) is 0 Å². The van der Waals surface area contributed by atoms with Gasteiger partial charge in [0.15, 0.2) is 0 Å². The van der Waals surface area contributed by atoms with Crippen LogP contribution in [0.2, 0.25) is 0 Å². The van der Waals surface area contributed by atoms with Gasteiger partial charge in [0.05, 0.1) is 24.0 Å². The summed E-state index contributed by atoms with van der Waals surface area (Å²) < 4.78 is 20.8. The highest BCUT2D eigenvalue weighted by Crippen LogP contribution is 2.26. The summed E-state index contributed by atoms with van der Waals surface area (Å²) in [4.78, 5) is 11.9. The quantitative estimate of drug-likeness (QED) is 0.796. The van der Waals surface area contributed by atoms with E-state index in [1.165, 1.54) is 36.8 Å². The lowest BCUT2D eigenvalue weighted by Gasteiger charge is -2.11. The number of aromatic nitrogens is 5. The molecule has 0 aliphatic heterocycles. The maximum Gasteiger partial charge on any atom is 0.221 e. The monoisotopic (exact) mass is 300 g/mol. The van der Waals surface area contributed by atoms with Gasteiger partial charge in [-0.1, -0.05) is 0 Å². The predicted molar refractivity (Wildman–Crippen MR) is 77.9 cm³/mol. The van der Waals surface area contributed by atoms with E-state index in [1.807, 2.05) is 0 Å². The number of hydrogen-bond donors (Lipinski definition) is 1. The number of halogens is 1. The van der Waals surface area contributed by atoms with Crippen molar-refractivity contribution in [2.24, 2.45) is 0 Å². The van der Waals surface area contributed by atoms with Gasteiger partial charge >= 0.3 is 0 Å². The van der Waals surface area contributed by atoms with Gasteiger partial charge in [-0.2, -0.15) is 5.10 Å². The minimum absolute atomic E-state index is 0.299. The molecule has 0 spiro atoms. The van der Waals surface area contributed by atoms with Gasteiger partial charge in [0.2, 0.25) is 5.88 Å². The van der Waals surface area contributed by atoms with Crippen LogP contribution in [0.4, 0.5) is 15.9 Å². The van der Waals surface area contributed by atoms with E-state index in [4.69, 9.17) is 4.74 Å². The van der Waals surface area contributed by atoms with Crippen LogP contribution in [0.15, 0.2) is 37.2 Å². The fraction of sp³-hybridized carbons (Fsp3) is 0.143. The van der Waals surface area contributed by atoms with Gasteiger partial charge in [-0.25, -0.2) is 24.0 Å². The molecule has 0 atom stereocenters. The second-order valence-corrected chi connectivity index (χ2v) is 4.49. The molecule has 0 fully saturated rings. The normalized spacial score (nSPS) is 10.5. The molecule has 8 heteroatoms. The molecule has 0 saturated carbocycles. The summed E-state index contributed by atoms with van der Waals surface area (Å²) in [6.07, 6.45) is 4.25. The van der Waals surface area contributed by atoms with E-state index in [0.717, 1.165) is 0 Å². The molecule has 1 N–H and O–H groups in total. The maximum absolute atomic E-state index is 14.2. The minimum atomic E-state index is -0.426. The second kappa shape index (κ2) is 5.76. The molecule has 7 nitrogen and oxygen atoms in total. The van der Waals surface area contributed by atoms with Crippen molar-refractivity contribution in [1.29, 1.82) is 0 Å². The van der Waals surface area contributed by atoms with Gasteiger partial charge < -0.3 is 10.1 Å². The van der Waals surface area contributed by atoms with Crippen molar-refractivity contribution < 1.29 is 9.13 Å². The number of nitrogens with one attached hydrogen (secondary N) is 1. The van der Waals surface area contributed by atoms with Gasteiger partial charge in [-0.05, 0) is 19.1 Å². The van der Waals surface area contributed by atoms with Gasteiger partial charge in [0.1, 0.15) is 30.6 Å². The Bertz CT molecular complexity index is 790. The van der Waals surface area contributed by atoms with Crippen molar-refractivity contribution in [2.75, 3.05) is 12.4 Å². The van der Waals surface area contributed by atoms with Crippen LogP contribution in [-0.2, 0) is 0 Å². The number of methoxy groups -OCH3 is 1. The second-order valence-electron chi connectivity index (χ2n) is 4.49. The van der Waals surface area contributed by atoms with E-state index in [0.29, 0.717) is 28.6 Å². The molecule has 1 aromatic carbocycles. The van der Waals surface area contributed by atoms with E-state index in [2.05, 4.69) is 25.4 Å². The van der Waals surface area contributed by atoms with Crippen molar-refractivity contribution >= 4 is 11.5 Å². The van der Waals surface area contributed by atoms with E-state index < -0.39 is 5.82 Å². The zero-order valence-corrected chi connectivity index (χ0v) is 12.0. The van der Waals surface area contributed by atoms with Crippen molar-refractivity contribution in [1.82, 2.24) is 24.7 Å². The molecule has 3 aromatic rings. The number of ether oxygens (including phenoxy) is 1. The van der Waals surface area contributed by atoms with Crippen LogP contribution in [0.5, 0.6) is 5.88 Å². The Morgan fingerprint density at radius 1 is 1.23 bits per heavy atom. The average Bonchev–Trinajstić information content (AvgIpc) is 3.05. The van der Waals surface area contributed by atoms with Crippen LogP contribution in [0.25, 0.3) is 5.69 Å². The Hall–Kier alpha value is -3.03. The zero-order valence-electron chi connectivity index (χ0n) is 12.0. The topological polar surface area (TPSA) is 77.8 Å². The molecule has 0 radical (unpaired) electrons. The van der Waals surface area contributed by atoms with Crippen molar-refractivity contribution in [3.05, 3.63) is 48.6 Å². The number of benzene rings is 1. The predicted octanol–water partition coefficient (Wildman–Crippen LogP) is 2.26. The molecule has 22 heavy (non-hydrogen) atoms.